The van der Waals surface area contributed by atoms with Crippen LogP contribution in [-0.4, -0.2) is 29.0 Å². The minimum absolute atomic E-state index is 0.246. The molecule has 76 valence electrons. The zero-order chi connectivity index (χ0) is 10.2. The van der Waals surface area contributed by atoms with Crippen molar-refractivity contribution in [3.63, 3.8) is 0 Å². The number of aromatic nitrogens is 1. The van der Waals surface area contributed by atoms with E-state index in [0.717, 1.165) is 12.0 Å². The number of hydrogen-bond acceptors (Lipinski definition) is 5. The van der Waals surface area contributed by atoms with Crippen molar-refractivity contribution >= 4 is 17.6 Å². The highest BCUT2D eigenvalue weighted by Crippen LogP contribution is 2.31. The highest BCUT2D eigenvalue weighted by molar-refractivity contribution is 7.09. The lowest BCUT2D eigenvalue weighted by Gasteiger charge is -2.17. The van der Waals surface area contributed by atoms with E-state index in [-0.39, 0.29) is 6.04 Å². The van der Waals surface area contributed by atoms with Crippen molar-refractivity contribution in [2.75, 3.05) is 6.54 Å². The summed E-state index contributed by atoms with van der Waals surface area (Å²) in [5.41, 5.74) is -0.0437. The fraction of sp³-hybridized carbons (Fsp3) is 0.556. The Hall–Kier alpha value is -0.780. The standard InChI is InChI=1S/C9H12N2O2S/c1-6-4-14-8(11-6)9(13)2-7(3-12)10-5-9/h3-4,7,10,13H,2,5H2,1H3/t7-,9-/m0/s1. The number of aliphatic hydroxyl groups is 1. The summed E-state index contributed by atoms with van der Waals surface area (Å²) < 4.78 is 0. The van der Waals surface area contributed by atoms with Crippen molar-refractivity contribution < 1.29 is 9.90 Å². The van der Waals surface area contributed by atoms with Crippen molar-refractivity contribution in [1.82, 2.24) is 10.3 Å². The van der Waals surface area contributed by atoms with Gasteiger partial charge in [0.25, 0.3) is 0 Å². The SMILES string of the molecule is Cc1csc([C@@]2(O)CN[C@H](C=O)C2)n1. The molecule has 2 heterocycles. The Morgan fingerprint density at radius 3 is 3.14 bits per heavy atom. The summed E-state index contributed by atoms with van der Waals surface area (Å²) in [7, 11) is 0. The summed E-state index contributed by atoms with van der Waals surface area (Å²) in [5, 5.41) is 15.8. The summed E-state index contributed by atoms with van der Waals surface area (Å²) in [6.07, 6.45) is 1.25. The van der Waals surface area contributed by atoms with Crippen molar-refractivity contribution in [2.24, 2.45) is 0 Å². The zero-order valence-corrected chi connectivity index (χ0v) is 8.67. The fourth-order valence-electron chi connectivity index (χ4n) is 1.63. The smallest absolute Gasteiger partial charge is 0.137 e. The second-order valence-electron chi connectivity index (χ2n) is 3.65. The average Bonchev–Trinajstić information content (AvgIpc) is 2.73. The Morgan fingerprint density at radius 2 is 2.64 bits per heavy atom. The van der Waals surface area contributed by atoms with Gasteiger partial charge in [-0.15, -0.1) is 11.3 Å². The summed E-state index contributed by atoms with van der Waals surface area (Å²) in [6.45, 7) is 2.30. The predicted molar refractivity (Wildman–Crippen MR) is 53.2 cm³/mol. The second kappa shape index (κ2) is 3.42. The molecule has 0 radical (unpaired) electrons. The highest BCUT2D eigenvalue weighted by atomic mass is 32.1. The molecule has 4 nitrogen and oxygen atoms in total. The van der Waals surface area contributed by atoms with Gasteiger partial charge in [0.1, 0.15) is 16.9 Å². The summed E-state index contributed by atoms with van der Waals surface area (Å²) in [4.78, 5) is 14.8. The number of aldehydes is 1. The molecule has 1 fully saturated rings. The van der Waals surface area contributed by atoms with E-state index in [2.05, 4.69) is 10.3 Å². The molecule has 0 amide bonds. The van der Waals surface area contributed by atoms with E-state index in [0.29, 0.717) is 18.0 Å². The molecule has 1 aromatic rings. The quantitative estimate of drug-likeness (QED) is 0.687. The molecule has 0 bridgehead atoms. The Bertz CT molecular complexity index is 352. The van der Waals surface area contributed by atoms with Gasteiger partial charge in [0, 0.05) is 24.0 Å². The van der Waals surface area contributed by atoms with Crippen molar-refractivity contribution in [2.45, 2.75) is 25.0 Å². The van der Waals surface area contributed by atoms with E-state index in [4.69, 9.17) is 0 Å². The van der Waals surface area contributed by atoms with Gasteiger partial charge in [0.2, 0.25) is 0 Å². The second-order valence-corrected chi connectivity index (χ2v) is 4.51. The molecular weight excluding hydrogens is 200 g/mol. The summed E-state index contributed by atoms with van der Waals surface area (Å²) in [6, 6.07) is -0.246. The molecule has 0 aliphatic carbocycles. The summed E-state index contributed by atoms with van der Waals surface area (Å²) in [5.74, 6) is 0. The largest absolute Gasteiger partial charge is 0.381 e. The zero-order valence-electron chi connectivity index (χ0n) is 7.86. The Morgan fingerprint density at radius 1 is 1.86 bits per heavy atom. The van der Waals surface area contributed by atoms with E-state index in [1.807, 2.05) is 12.3 Å². The van der Waals surface area contributed by atoms with Gasteiger partial charge in [-0.1, -0.05) is 0 Å². The number of carbonyl (C=O) groups excluding carboxylic acids is 1. The molecule has 14 heavy (non-hydrogen) atoms. The predicted octanol–water partition coefficient (Wildman–Crippen LogP) is 0.200. The first-order chi connectivity index (χ1) is 6.64. The van der Waals surface area contributed by atoms with E-state index in [9.17, 15) is 9.90 Å². The van der Waals surface area contributed by atoms with E-state index >= 15 is 0 Å². The fourth-order valence-corrected chi connectivity index (χ4v) is 2.54. The molecule has 1 aliphatic heterocycles. The van der Waals surface area contributed by atoms with Crippen LogP contribution in [0, 0.1) is 6.92 Å². The van der Waals surface area contributed by atoms with Crippen LogP contribution in [0.15, 0.2) is 5.38 Å². The van der Waals surface area contributed by atoms with Crippen LogP contribution in [-0.2, 0) is 10.4 Å². The number of rotatable bonds is 2. The number of thiazole rings is 1. The average molecular weight is 212 g/mol. The van der Waals surface area contributed by atoms with Gasteiger partial charge in [0.15, 0.2) is 0 Å². The third-order valence-corrected chi connectivity index (χ3v) is 3.55. The van der Waals surface area contributed by atoms with Crippen LogP contribution in [0.25, 0.3) is 0 Å². The van der Waals surface area contributed by atoms with E-state index < -0.39 is 5.60 Å². The van der Waals surface area contributed by atoms with Gasteiger partial charge in [-0.2, -0.15) is 0 Å². The number of carbonyl (C=O) groups is 1. The number of β-amino-alcohol motifs (C(OH)–C–C–N with tert-alkyl or cyclic N) is 1. The van der Waals surface area contributed by atoms with Crippen LogP contribution in [0.5, 0.6) is 0 Å². The minimum Gasteiger partial charge on any atom is -0.381 e. The van der Waals surface area contributed by atoms with E-state index in [1.165, 1.54) is 11.3 Å². The highest BCUT2D eigenvalue weighted by Gasteiger charge is 2.40. The van der Waals surface area contributed by atoms with Gasteiger partial charge < -0.3 is 15.2 Å². The Labute approximate surface area is 86.0 Å². The third kappa shape index (κ3) is 1.58. The van der Waals surface area contributed by atoms with Crippen LogP contribution >= 0.6 is 11.3 Å². The van der Waals surface area contributed by atoms with Crippen molar-refractivity contribution in [1.29, 1.82) is 0 Å². The minimum atomic E-state index is -0.954. The normalized spacial score (nSPS) is 32.0. The lowest BCUT2D eigenvalue weighted by molar-refractivity contribution is -0.109. The monoisotopic (exact) mass is 212 g/mol. The number of hydrogen-bond donors (Lipinski definition) is 2. The van der Waals surface area contributed by atoms with Crippen LogP contribution in [0.1, 0.15) is 17.1 Å². The first kappa shape index (κ1) is 9.76. The maximum atomic E-state index is 10.5. The van der Waals surface area contributed by atoms with Gasteiger partial charge in [-0.05, 0) is 6.92 Å². The first-order valence-corrected chi connectivity index (χ1v) is 5.36. The Balaban J connectivity index is 2.22. The van der Waals surface area contributed by atoms with E-state index in [1.54, 1.807) is 0 Å². The van der Waals surface area contributed by atoms with Crippen LogP contribution in [0.3, 0.4) is 0 Å². The maximum absolute atomic E-state index is 10.5. The first-order valence-electron chi connectivity index (χ1n) is 4.48. The lowest BCUT2D eigenvalue weighted by atomic mass is 10.0. The van der Waals surface area contributed by atoms with Crippen molar-refractivity contribution in [3.8, 4) is 0 Å². The number of aryl methyl sites for hydroxylation is 1. The molecule has 2 atom stereocenters. The van der Waals surface area contributed by atoms with Crippen LogP contribution < -0.4 is 5.32 Å². The van der Waals surface area contributed by atoms with Gasteiger partial charge in [0.05, 0.1) is 6.04 Å². The molecular formula is C9H12N2O2S. The Kier molecular flexibility index (Phi) is 2.38. The molecule has 5 heteroatoms. The molecule has 1 saturated heterocycles. The molecule has 2 rings (SSSR count). The molecule has 0 spiro atoms. The number of nitrogens with zero attached hydrogens (tertiary/aromatic N) is 1. The van der Waals surface area contributed by atoms with Crippen LogP contribution in [0.2, 0.25) is 0 Å². The molecule has 0 aromatic carbocycles. The van der Waals surface area contributed by atoms with Gasteiger partial charge >= 0.3 is 0 Å². The topological polar surface area (TPSA) is 62.2 Å². The molecule has 0 unspecified atom stereocenters. The van der Waals surface area contributed by atoms with Crippen molar-refractivity contribution in [3.05, 3.63) is 16.1 Å². The molecule has 1 aromatic heterocycles. The summed E-state index contributed by atoms with van der Waals surface area (Å²) >= 11 is 1.44. The van der Waals surface area contributed by atoms with Crippen LogP contribution in [0.4, 0.5) is 0 Å². The van der Waals surface area contributed by atoms with Gasteiger partial charge in [-0.25, -0.2) is 4.98 Å². The maximum Gasteiger partial charge on any atom is 0.137 e. The molecule has 1 aliphatic rings. The molecule has 0 saturated carbocycles. The number of nitrogens with one attached hydrogen (secondary N) is 1. The van der Waals surface area contributed by atoms with Gasteiger partial charge in [-0.3, -0.25) is 0 Å². The third-order valence-electron chi connectivity index (χ3n) is 2.40. The lowest BCUT2D eigenvalue weighted by Crippen LogP contribution is -2.28. The molecule has 2 N–H and O–H groups in total.